The first kappa shape index (κ1) is 20.1. The van der Waals surface area contributed by atoms with Crippen LogP contribution in [0.3, 0.4) is 0 Å². The molecule has 7 heteroatoms. The second-order valence-corrected chi connectivity index (χ2v) is 6.40. The summed E-state index contributed by atoms with van der Waals surface area (Å²) < 4.78 is 0. The number of nitrogens with zero attached hydrogens (tertiary/aromatic N) is 1. The number of carbonyl (C=O) groups excluding carboxylic acids is 3. The second-order valence-electron chi connectivity index (χ2n) is 6.40. The fourth-order valence-electron chi connectivity index (χ4n) is 2.46. The lowest BCUT2D eigenvalue weighted by molar-refractivity contribution is -0.119. The van der Waals surface area contributed by atoms with Crippen molar-refractivity contribution in [2.24, 2.45) is 0 Å². The summed E-state index contributed by atoms with van der Waals surface area (Å²) in [5, 5.41) is 8.21. The Morgan fingerprint density at radius 2 is 1.33 bits per heavy atom. The van der Waals surface area contributed by atoms with Crippen LogP contribution in [0.15, 0.2) is 48.5 Å². The lowest BCUT2D eigenvalue weighted by Crippen LogP contribution is -2.36. The number of likely N-dealkylation sites (N-methyl/N-ethyl adjacent to an activating group) is 1. The zero-order valence-electron chi connectivity index (χ0n) is 15.7. The quantitative estimate of drug-likeness (QED) is 0.700. The molecule has 0 atom stereocenters. The van der Waals surface area contributed by atoms with Gasteiger partial charge < -0.3 is 16.0 Å². The van der Waals surface area contributed by atoms with Crippen LogP contribution in [0, 0.1) is 6.92 Å². The minimum atomic E-state index is -0.249. The van der Waals surface area contributed by atoms with Gasteiger partial charge in [-0.3, -0.25) is 19.3 Å². The van der Waals surface area contributed by atoms with Crippen LogP contribution in [0.4, 0.5) is 17.1 Å². The Labute approximate surface area is 158 Å². The van der Waals surface area contributed by atoms with Crippen LogP contribution in [-0.2, 0) is 14.4 Å². The van der Waals surface area contributed by atoms with Crippen LogP contribution in [0.1, 0.15) is 12.5 Å². The maximum atomic E-state index is 12.2. The number of hydrogen-bond donors (Lipinski definition) is 3. The number of benzene rings is 2. The van der Waals surface area contributed by atoms with Gasteiger partial charge >= 0.3 is 0 Å². The van der Waals surface area contributed by atoms with Crippen molar-refractivity contribution in [2.75, 3.05) is 36.1 Å². The predicted octanol–water partition coefficient (Wildman–Crippen LogP) is 2.46. The average molecular weight is 368 g/mol. The molecule has 3 N–H and O–H groups in total. The Balaban J connectivity index is 1.81. The Morgan fingerprint density at radius 3 is 1.89 bits per heavy atom. The smallest absolute Gasteiger partial charge is 0.238 e. The largest absolute Gasteiger partial charge is 0.326 e. The maximum Gasteiger partial charge on any atom is 0.238 e. The Bertz CT molecular complexity index is 818. The van der Waals surface area contributed by atoms with Gasteiger partial charge in [0.25, 0.3) is 0 Å². The van der Waals surface area contributed by atoms with E-state index in [0.29, 0.717) is 11.4 Å². The van der Waals surface area contributed by atoms with Crippen LogP contribution >= 0.6 is 0 Å². The van der Waals surface area contributed by atoms with E-state index < -0.39 is 0 Å². The van der Waals surface area contributed by atoms with Crippen molar-refractivity contribution < 1.29 is 14.4 Å². The van der Waals surface area contributed by atoms with Crippen LogP contribution in [0.2, 0.25) is 0 Å². The molecule has 0 spiro atoms. The van der Waals surface area contributed by atoms with E-state index in [1.165, 1.54) is 6.92 Å². The number of anilines is 3. The summed E-state index contributed by atoms with van der Waals surface area (Å²) in [6, 6.07) is 14.4. The maximum absolute atomic E-state index is 12.2. The Hall–Kier alpha value is -3.19. The molecule has 2 aromatic carbocycles. The molecule has 0 aliphatic heterocycles. The van der Waals surface area contributed by atoms with E-state index in [0.717, 1.165) is 11.3 Å². The molecular formula is C20H24N4O3. The number of hydrogen-bond acceptors (Lipinski definition) is 4. The molecule has 3 amide bonds. The molecule has 2 aromatic rings. The predicted molar refractivity (Wildman–Crippen MR) is 107 cm³/mol. The number of aryl methyl sites for hydroxylation is 1. The van der Waals surface area contributed by atoms with Crippen molar-refractivity contribution in [1.29, 1.82) is 0 Å². The molecule has 2 rings (SSSR count). The summed E-state index contributed by atoms with van der Waals surface area (Å²) in [7, 11) is 1.70. The van der Waals surface area contributed by atoms with Crippen LogP contribution < -0.4 is 16.0 Å². The van der Waals surface area contributed by atoms with Gasteiger partial charge in [-0.2, -0.15) is 0 Å². The van der Waals surface area contributed by atoms with Gasteiger partial charge in [-0.25, -0.2) is 0 Å². The average Bonchev–Trinajstić information content (AvgIpc) is 2.56. The van der Waals surface area contributed by atoms with Gasteiger partial charge in [0.2, 0.25) is 17.7 Å². The molecule has 7 nitrogen and oxygen atoms in total. The highest BCUT2D eigenvalue weighted by Crippen LogP contribution is 2.15. The molecule has 0 fully saturated rings. The van der Waals surface area contributed by atoms with Gasteiger partial charge in [-0.1, -0.05) is 23.8 Å². The third-order valence-corrected chi connectivity index (χ3v) is 3.63. The van der Waals surface area contributed by atoms with Crippen molar-refractivity contribution in [3.05, 3.63) is 54.1 Å². The van der Waals surface area contributed by atoms with E-state index in [9.17, 15) is 14.4 Å². The SMILES string of the molecule is CC(=O)Nc1cccc(NC(=O)CN(C)CC(=O)Nc2ccc(C)cc2)c1. The molecule has 142 valence electrons. The van der Waals surface area contributed by atoms with E-state index in [1.807, 2.05) is 31.2 Å². The molecule has 0 aromatic heterocycles. The fourth-order valence-corrected chi connectivity index (χ4v) is 2.46. The first-order chi connectivity index (χ1) is 12.8. The first-order valence-corrected chi connectivity index (χ1v) is 8.54. The van der Waals surface area contributed by atoms with Crippen LogP contribution in [0.5, 0.6) is 0 Å². The molecular weight excluding hydrogens is 344 g/mol. The summed E-state index contributed by atoms with van der Waals surface area (Å²) in [6.07, 6.45) is 0. The third-order valence-electron chi connectivity index (χ3n) is 3.63. The van der Waals surface area contributed by atoms with Gasteiger partial charge in [-0.05, 0) is 44.3 Å². The summed E-state index contributed by atoms with van der Waals surface area (Å²) in [6.45, 7) is 3.55. The van der Waals surface area contributed by atoms with Gasteiger partial charge in [-0.15, -0.1) is 0 Å². The normalized spacial score (nSPS) is 10.4. The van der Waals surface area contributed by atoms with E-state index in [1.54, 1.807) is 36.2 Å². The zero-order chi connectivity index (χ0) is 19.8. The molecule has 0 aliphatic carbocycles. The van der Waals surface area contributed by atoms with Gasteiger partial charge in [0, 0.05) is 24.0 Å². The molecule has 27 heavy (non-hydrogen) atoms. The minimum absolute atomic E-state index is 0.0612. The second kappa shape index (κ2) is 9.49. The van der Waals surface area contributed by atoms with Crippen molar-refractivity contribution >= 4 is 34.8 Å². The number of amides is 3. The molecule has 0 heterocycles. The molecule has 0 bridgehead atoms. The molecule has 0 saturated carbocycles. The topological polar surface area (TPSA) is 90.5 Å². The first-order valence-electron chi connectivity index (χ1n) is 8.54. The third kappa shape index (κ3) is 7.29. The van der Waals surface area contributed by atoms with E-state index >= 15 is 0 Å². The van der Waals surface area contributed by atoms with Gasteiger partial charge in [0.1, 0.15) is 0 Å². The minimum Gasteiger partial charge on any atom is -0.326 e. The van der Waals surface area contributed by atoms with E-state index in [-0.39, 0.29) is 30.8 Å². The highest BCUT2D eigenvalue weighted by atomic mass is 16.2. The van der Waals surface area contributed by atoms with Crippen LogP contribution in [0.25, 0.3) is 0 Å². The van der Waals surface area contributed by atoms with E-state index in [2.05, 4.69) is 16.0 Å². The summed E-state index contributed by atoms with van der Waals surface area (Å²) in [5.41, 5.74) is 3.01. The highest BCUT2D eigenvalue weighted by Gasteiger charge is 2.11. The molecule has 0 radical (unpaired) electrons. The fraction of sp³-hybridized carbons (Fsp3) is 0.250. The number of carbonyl (C=O) groups is 3. The summed E-state index contributed by atoms with van der Waals surface area (Å²) >= 11 is 0. The standard InChI is InChI=1S/C20H24N4O3/c1-14-7-9-16(10-8-14)22-19(26)12-24(3)13-20(27)23-18-6-4-5-17(11-18)21-15(2)25/h4-11H,12-13H2,1-3H3,(H,21,25)(H,22,26)(H,23,27). The summed E-state index contributed by atoms with van der Waals surface area (Å²) in [5.74, 6) is -0.625. The van der Waals surface area contributed by atoms with Gasteiger partial charge in [0.05, 0.1) is 13.1 Å². The molecule has 0 aliphatic rings. The van der Waals surface area contributed by atoms with Crippen molar-refractivity contribution in [1.82, 2.24) is 4.90 Å². The van der Waals surface area contributed by atoms with Crippen molar-refractivity contribution in [3.8, 4) is 0 Å². The van der Waals surface area contributed by atoms with Crippen LogP contribution in [-0.4, -0.2) is 42.8 Å². The number of rotatable bonds is 7. The van der Waals surface area contributed by atoms with E-state index in [4.69, 9.17) is 0 Å². The lowest BCUT2D eigenvalue weighted by Gasteiger charge is -2.16. The number of nitrogens with one attached hydrogen (secondary N) is 3. The zero-order valence-corrected chi connectivity index (χ0v) is 15.7. The molecule has 0 unspecified atom stereocenters. The summed E-state index contributed by atoms with van der Waals surface area (Å²) in [4.78, 5) is 37.0. The van der Waals surface area contributed by atoms with Crippen molar-refractivity contribution in [2.45, 2.75) is 13.8 Å². The van der Waals surface area contributed by atoms with Crippen molar-refractivity contribution in [3.63, 3.8) is 0 Å². The van der Waals surface area contributed by atoms with Gasteiger partial charge in [0.15, 0.2) is 0 Å². The Morgan fingerprint density at radius 1 is 0.815 bits per heavy atom. The Kier molecular flexibility index (Phi) is 7.08. The monoisotopic (exact) mass is 368 g/mol. The highest BCUT2D eigenvalue weighted by molar-refractivity contribution is 5.95. The lowest BCUT2D eigenvalue weighted by atomic mass is 10.2. The molecule has 0 saturated heterocycles.